The Morgan fingerprint density at radius 2 is 1.36 bits per heavy atom. The Balaban J connectivity index is 0.00000193. The zero-order valence-corrected chi connectivity index (χ0v) is 20.8. The second-order valence-electron chi connectivity index (χ2n) is 8.20. The maximum Gasteiger partial charge on any atom is 0.0434 e. The summed E-state index contributed by atoms with van der Waals surface area (Å²) in [4.78, 5) is 2.44. The van der Waals surface area contributed by atoms with Gasteiger partial charge in [-0.2, -0.15) is 0 Å². The fourth-order valence-corrected chi connectivity index (χ4v) is 4.31. The summed E-state index contributed by atoms with van der Waals surface area (Å²) in [6, 6.07) is 28.4. The number of hydrogen-bond donors (Lipinski definition) is 2. The minimum absolute atomic E-state index is 0. The van der Waals surface area contributed by atoms with Gasteiger partial charge in [0.05, 0.1) is 0 Å². The molecule has 0 saturated carbocycles. The number of nitrogens with zero attached hydrogens (tertiary/aromatic N) is 1. The van der Waals surface area contributed by atoms with Crippen LogP contribution in [0, 0.1) is 6.92 Å². The number of aliphatic hydroxyl groups excluding tert-OH is 1. The maximum absolute atomic E-state index is 9.57. The number of rotatable bonds is 7. The third-order valence-corrected chi connectivity index (χ3v) is 5.99. The summed E-state index contributed by atoms with van der Waals surface area (Å²) in [5, 5.41) is 13.0. The van der Waals surface area contributed by atoms with Crippen LogP contribution >= 0.6 is 24.8 Å². The third-order valence-electron chi connectivity index (χ3n) is 5.99. The van der Waals surface area contributed by atoms with Crippen molar-refractivity contribution in [2.75, 3.05) is 37.7 Å². The van der Waals surface area contributed by atoms with Gasteiger partial charge in [0.1, 0.15) is 0 Å². The van der Waals surface area contributed by atoms with Crippen LogP contribution in [0.3, 0.4) is 0 Å². The molecule has 0 unspecified atom stereocenters. The van der Waals surface area contributed by atoms with Crippen molar-refractivity contribution in [3.05, 3.63) is 101 Å². The number of allylic oxidation sites excluding steroid dienone is 1. The minimum atomic E-state index is 0. The average Bonchev–Trinajstić information content (AvgIpc) is 2.84. The number of piperazine rings is 1. The molecule has 3 aromatic rings. The molecule has 3 aromatic carbocycles. The van der Waals surface area contributed by atoms with Crippen LogP contribution in [0.1, 0.15) is 35.1 Å². The van der Waals surface area contributed by atoms with E-state index in [0.717, 1.165) is 39.0 Å². The first-order valence-electron chi connectivity index (χ1n) is 11.3. The first-order chi connectivity index (χ1) is 15.3. The van der Waals surface area contributed by atoms with Crippen molar-refractivity contribution >= 4 is 41.6 Å². The summed E-state index contributed by atoms with van der Waals surface area (Å²) in [5.41, 5.74) is 8.74. The molecule has 176 valence electrons. The summed E-state index contributed by atoms with van der Waals surface area (Å²) in [6.07, 6.45) is 1.59. The molecule has 0 radical (unpaired) electrons. The number of anilines is 1. The van der Waals surface area contributed by atoms with Crippen LogP contribution in [-0.2, 0) is 0 Å². The highest BCUT2D eigenvalue weighted by atomic mass is 35.5. The Hall–Kier alpha value is -2.30. The molecular weight excluding hydrogens is 451 g/mol. The van der Waals surface area contributed by atoms with E-state index in [1.54, 1.807) is 0 Å². The summed E-state index contributed by atoms with van der Waals surface area (Å²) >= 11 is 0. The van der Waals surface area contributed by atoms with Crippen molar-refractivity contribution in [3.8, 4) is 0 Å². The molecule has 0 atom stereocenters. The highest BCUT2D eigenvalue weighted by Gasteiger charge is 2.16. The van der Waals surface area contributed by atoms with Crippen molar-refractivity contribution in [3.63, 3.8) is 0 Å². The molecule has 1 aliphatic heterocycles. The Morgan fingerprint density at radius 3 is 1.94 bits per heavy atom. The van der Waals surface area contributed by atoms with Crippen LogP contribution in [0.15, 0.2) is 78.9 Å². The van der Waals surface area contributed by atoms with Crippen LogP contribution in [0.2, 0.25) is 0 Å². The van der Waals surface area contributed by atoms with Crippen molar-refractivity contribution < 1.29 is 5.11 Å². The van der Waals surface area contributed by atoms with Crippen LogP contribution in [0.5, 0.6) is 0 Å². The summed E-state index contributed by atoms with van der Waals surface area (Å²) in [5.74, 6) is 0. The molecule has 3 nitrogen and oxygen atoms in total. The fourth-order valence-electron chi connectivity index (χ4n) is 4.31. The van der Waals surface area contributed by atoms with E-state index in [1.165, 1.54) is 39.1 Å². The topological polar surface area (TPSA) is 35.5 Å². The molecular formula is C28H34Cl2N2O. The maximum atomic E-state index is 9.57. The quantitative estimate of drug-likeness (QED) is 0.404. The van der Waals surface area contributed by atoms with Gasteiger partial charge in [0, 0.05) is 38.5 Å². The average molecular weight is 485 g/mol. The Labute approximate surface area is 210 Å². The van der Waals surface area contributed by atoms with E-state index in [2.05, 4.69) is 96.0 Å². The number of halogens is 2. The van der Waals surface area contributed by atoms with Gasteiger partial charge in [-0.05, 0) is 59.7 Å². The fraction of sp³-hybridized carbons (Fsp3) is 0.286. The van der Waals surface area contributed by atoms with Gasteiger partial charge < -0.3 is 15.3 Å². The zero-order chi connectivity index (χ0) is 21.5. The molecule has 2 N–H and O–H groups in total. The normalized spacial score (nSPS) is 14.1. The number of aliphatic hydroxyl groups is 1. The van der Waals surface area contributed by atoms with Crippen LogP contribution in [-0.4, -0.2) is 37.9 Å². The summed E-state index contributed by atoms with van der Waals surface area (Å²) in [6.45, 7) is 6.49. The van der Waals surface area contributed by atoms with E-state index in [9.17, 15) is 5.11 Å². The van der Waals surface area contributed by atoms with Crippen molar-refractivity contribution in [2.45, 2.75) is 19.8 Å². The van der Waals surface area contributed by atoms with Crippen molar-refractivity contribution in [1.82, 2.24) is 5.32 Å². The number of aryl methyl sites for hydroxylation is 1. The Bertz CT molecular complexity index is 996. The van der Waals surface area contributed by atoms with Gasteiger partial charge in [0.2, 0.25) is 0 Å². The van der Waals surface area contributed by atoms with Gasteiger partial charge in [-0.1, -0.05) is 72.3 Å². The Morgan fingerprint density at radius 1 is 0.788 bits per heavy atom. The molecule has 0 aliphatic carbocycles. The molecule has 0 amide bonds. The lowest BCUT2D eigenvalue weighted by atomic mass is 9.87. The van der Waals surface area contributed by atoms with E-state index in [1.807, 2.05) is 0 Å². The minimum Gasteiger partial charge on any atom is -0.396 e. The standard InChI is InChI=1S/C28H32N2O.2ClH/c1-22-9-11-24(12-10-22)28(27(8-5-21-31)23-6-3-2-4-7-23)25-13-15-26(16-14-25)30-19-17-29-18-20-30;;/h2-4,6-7,9-16,29,31H,5,8,17-21H2,1H3;2*1H/b28-27-;;. The van der Waals surface area contributed by atoms with E-state index in [4.69, 9.17) is 0 Å². The van der Waals surface area contributed by atoms with Gasteiger partial charge in [0.25, 0.3) is 0 Å². The molecule has 0 bridgehead atoms. The largest absolute Gasteiger partial charge is 0.396 e. The van der Waals surface area contributed by atoms with Crippen LogP contribution in [0.4, 0.5) is 5.69 Å². The Kier molecular flexibility index (Phi) is 11.0. The van der Waals surface area contributed by atoms with E-state index >= 15 is 0 Å². The number of benzene rings is 3. The lowest BCUT2D eigenvalue weighted by molar-refractivity contribution is 0.290. The number of hydrogen-bond acceptors (Lipinski definition) is 3. The highest BCUT2D eigenvalue weighted by molar-refractivity contribution is 5.98. The van der Waals surface area contributed by atoms with Gasteiger partial charge in [0.15, 0.2) is 0 Å². The van der Waals surface area contributed by atoms with Crippen molar-refractivity contribution in [1.29, 1.82) is 0 Å². The highest BCUT2D eigenvalue weighted by Crippen LogP contribution is 2.36. The summed E-state index contributed by atoms with van der Waals surface area (Å²) in [7, 11) is 0. The zero-order valence-electron chi connectivity index (χ0n) is 19.2. The third kappa shape index (κ3) is 6.84. The smallest absolute Gasteiger partial charge is 0.0434 e. The van der Waals surface area contributed by atoms with Crippen LogP contribution in [0.25, 0.3) is 11.1 Å². The predicted molar refractivity (Wildman–Crippen MR) is 146 cm³/mol. The first kappa shape index (κ1) is 26.9. The monoisotopic (exact) mass is 484 g/mol. The molecule has 1 fully saturated rings. The predicted octanol–water partition coefficient (Wildman–Crippen LogP) is 5.98. The van der Waals surface area contributed by atoms with Gasteiger partial charge in [-0.3, -0.25) is 0 Å². The molecule has 1 saturated heterocycles. The van der Waals surface area contributed by atoms with Gasteiger partial charge in [-0.15, -0.1) is 24.8 Å². The molecule has 1 aliphatic rings. The van der Waals surface area contributed by atoms with E-state index < -0.39 is 0 Å². The lowest BCUT2D eigenvalue weighted by Crippen LogP contribution is -2.43. The molecule has 5 heteroatoms. The van der Waals surface area contributed by atoms with Crippen molar-refractivity contribution in [2.24, 2.45) is 0 Å². The van der Waals surface area contributed by atoms with E-state index in [-0.39, 0.29) is 31.4 Å². The van der Waals surface area contributed by atoms with E-state index in [0.29, 0.717) is 0 Å². The second kappa shape index (κ2) is 13.4. The lowest BCUT2D eigenvalue weighted by Gasteiger charge is -2.29. The molecule has 0 aromatic heterocycles. The van der Waals surface area contributed by atoms with Crippen LogP contribution < -0.4 is 10.2 Å². The molecule has 0 spiro atoms. The molecule has 1 heterocycles. The first-order valence-corrected chi connectivity index (χ1v) is 11.3. The summed E-state index contributed by atoms with van der Waals surface area (Å²) < 4.78 is 0. The van der Waals surface area contributed by atoms with Gasteiger partial charge >= 0.3 is 0 Å². The molecule has 4 rings (SSSR count). The molecule has 33 heavy (non-hydrogen) atoms. The SMILES string of the molecule is Cc1ccc(/C(=C(\CCCO)c2ccccc2)c2ccc(N3CCNCC3)cc2)cc1.Cl.Cl. The number of nitrogens with one attached hydrogen (secondary N) is 1. The second-order valence-corrected chi connectivity index (χ2v) is 8.20. The van der Waals surface area contributed by atoms with Gasteiger partial charge in [-0.25, -0.2) is 0 Å².